The summed E-state index contributed by atoms with van der Waals surface area (Å²) < 4.78 is 29.2. The third-order valence-corrected chi connectivity index (χ3v) is 9.48. The highest BCUT2D eigenvalue weighted by atomic mass is 35.5. The zero-order valence-electron chi connectivity index (χ0n) is 24.0. The summed E-state index contributed by atoms with van der Waals surface area (Å²) in [5.74, 6) is -0.822. The van der Waals surface area contributed by atoms with Crippen molar-refractivity contribution in [1.29, 1.82) is 0 Å². The van der Waals surface area contributed by atoms with Gasteiger partial charge in [0.15, 0.2) is 0 Å². The average Bonchev–Trinajstić information content (AvgIpc) is 2.94. The molecule has 0 saturated heterocycles. The lowest BCUT2D eigenvalue weighted by molar-refractivity contribution is -0.140. The molecule has 7 nitrogen and oxygen atoms in total. The van der Waals surface area contributed by atoms with Crippen molar-refractivity contribution in [1.82, 2.24) is 10.2 Å². The summed E-state index contributed by atoms with van der Waals surface area (Å²) in [4.78, 5) is 29.0. The van der Waals surface area contributed by atoms with Gasteiger partial charge in [0.25, 0.3) is 10.0 Å². The first-order valence-corrected chi connectivity index (χ1v) is 15.8. The number of hydrogen-bond donors (Lipinski definition) is 1. The first-order chi connectivity index (χ1) is 19.4. The van der Waals surface area contributed by atoms with Crippen molar-refractivity contribution < 1.29 is 18.0 Å². The number of halogens is 2. The van der Waals surface area contributed by atoms with Gasteiger partial charge in [-0.15, -0.1) is 0 Å². The van der Waals surface area contributed by atoms with Crippen molar-refractivity contribution in [3.05, 3.63) is 93.5 Å². The molecule has 0 bridgehead atoms. The van der Waals surface area contributed by atoms with Crippen molar-refractivity contribution in [2.24, 2.45) is 0 Å². The van der Waals surface area contributed by atoms with Crippen LogP contribution in [0.3, 0.4) is 0 Å². The number of nitrogens with zero attached hydrogens (tertiary/aromatic N) is 2. The van der Waals surface area contributed by atoms with Gasteiger partial charge in [-0.2, -0.15) is 0 Å². The number of anilines is 1. The fraction of sp³-hybridized carbons (Fsp3) is 0.355. The van der Waals surface area contributed by atoms with Crippen molar-refractivity contribution >= 4 is 50.7 Å². The lowest BCUT2D eigenvalue weighted by atomic mass is 10.1. The number of nitrogens with one attached hydrogen (secondary N) is 1. The fourth-order valence-corrected chi connectivity index (χ4v) is 6.13. The molecule has 2 atom stereocenters. The van der Waals surface area contributed by atoms with Gasteiger partial charge in [-0.05, 0) is 81.1 Å². The van der Waals surface area contributed by atoms with Crippen molar-refractivity contribution in [3.8, 4) is 0 Å². The number of aryl methyl sites for hydroxylation is 1. The van der Waals surface area contributed by atoms with Gasteiger partial charge in [0.2, 0.25) is 11.8 Å². The molecule has 0 heterocycles. The summed E-state index contributed by atoms with van der Waals surface area (Å²) in [6, 6.07) is 17.5. The van der Waals surface area contributed by atoms with Gasteiger partial charge in [0.05, 0.1) is 10.6 Å². The largest absolute Gasteiger partial charge is 0.352 e. The van der Waals surface area contributed by atoms with Crippen LogP contribution in [0.25, 0.3) is 0 Å². The standard InChI is InChI=1S/C31H37Cl2N3O4S/c1-6-22(4)34-31(38)28(7-2)35(19-24-13-15-25(32)16-14-24)30(37)20-36(29-10-8-9-27(33)23(29)5)41(39,40)26-17-11-21(3)12-18-26/h8-18,22,28H,6-7,19-20H2,1-5H3,(H,34,38). The molecule has 2 unspecified atom stereocenters. The molecule has 0 aliphatic rings. The van der Waals surface area contributed by atoms with E-state index in [4.69, 9.17) is 23.2 Å². The minimum atomic E-state index is -4.18. The molecule has 10 heteroatoms. The number of hydrogen-bond acceptors (Lipinski definition) is 4. The molecular formula is C31H37Cl2N3O4S. The Morgan fingerprint density at radius 1 is 0.902 bits per heavy atom. The summed E-state index contributed by atoms with van der Waals surface area (Å²) in [5, 5.41) is 3.88. The Morgan fingerprint density at radius 2 is 1.54 bits per heavy atom. The topological polar surface area (TPSA) is 86.8 Å². The Balaban J connectivity index is 2.10. The molecule has 0 spiro atoms. The van der Waals surface area contributed by atoms with Crippen LogP contribution in [0.1, 0.15) is 50.3 Å². The minimum absolute atomic E-state index is 0.0427. The van der Waals surface area contributed by atoms with Crippen LogP contribution in [0.15, 0.2) is 71.6 Å². The van der Waals surface area contributed by atoms with Crippen molar-refractivity contribution in [3.63, 3.8) is 0 Å². The van der Waals surface area contributed by atoms with Gasteiger partial charge in [-0.1, -0.05) is 72.9 Å². The van der Waals surface area contributed by atoms with E-state index in [0.29, 0.717) is 22.0 Å². The molecule has 0 aliphatic carbocycles. The highest BCUT2D eigenvalue weighted by molar-refractivity contribution is 7.92. The molecule has 3 rings (SSSR count). The Kier molecular flexibility index (Phi) is 11.2. The van der Waals surface area contributed by atoms with E-state index in [9.17, 15) is 18.0 Å². The van der Waals surface area contributed by atoms with Crippen LogP contribution in [0.5, 0.6) is 0 Å². The molecule has 2 amide bonds. The Hall–Kier alpha value is -3.07. The maximum absolute atomic E-state index is 14.2. The van der Waals surface area contributed by atoms with Crippen molar-refractivity contribution in [2.45, 2.75) is 71.0 Å². The molecule has 220 valence electrons. The van der Waals surface area contributed by atoms with Crippen LogP contribution in [0.4, 0.5) is 5.69 Å². The second kappa shape index (κ2) is 14.2. The Morgan fingerprint density at radius 3 is 2.12 bits per heavy atom. The number of benzene rings is 3. The number of amides is 2. The van der Waals surface area contributed by atoms with Crippen LogP contribution in [0.2, 0.25) is 10.0 Å². The van der Waals surface area contributed by atoms with E-state index in [1.165, 1.54) is 17.0 Å². The molecule has 3 aromatic rings. The quantitative estimate of drug-likeness (QED) is 0.250. The van der Waals surface area contributed by atoms with Gasteiger partial charge in [-0.25, -0.2) is 8.42 Å². The third kappa shape index (κ3) is 8.03. The Bertz CT molecular complexity index is 1460. The normalized spacial score (nSPS) is 12.9. The first kappa shape index (κ1) is 32.4. The number of sulfonamides is 1. The highest BCUT2D eigenvalue weighted by Crippen LogP contribution is 2.31. The lowest BCUT2D eigenvalue weighted by Gasteiger charge is -2.34. The predicted molar refractivity (Wildman–Crippen MR) is 166 cm³/mol. The van der Waals surface area contributed by atoms with Gasteiger partial charge in [0, 0.05) is 22.6 Å². The van der Waals surface area contributed by atoms with Gasteiger partial charge in [0.1, 0.15) is 12.6 Å². The van der Waals surface area contributed by atoms with Crippen LogP contribution in [-0.4, -0.2) is 43.8 Å². The van der Waals surface area contributed by atoms with E-state index >= 15 is 0 Å². The maximum Gasteiger partial charge on any atom is 0.264 e. The van der Waals surface area contributed by atoms with Gasteiger partial charge < -0.3 is 10.2 Å². The van der Waals surface area contributed by atoms with E-state index < -0.39 is 28.5 Å². The fourth-order valence-electron chi connectivity index (χ4n) is 4.36. The van der Waals surface area contributed by atoms with Crippen LogP contribution >= 0.6 is 23.2 Å². The summed E-state index contributed by atoms with van der Waals surface area (Å²) in [7, 11) is -4.18. The number of carbonyl (C=O) groups is 2. The summed E-state index contributed by atoms with van der Waals surface area (Å²) in [6.45, 7) is 8.82. The van der Waals surface area contributed by atoms with Crippen LogP contribution in [0, 0.1) is 13.8 Å². The van der Waals surface area contributed by atoms with Crippen molar-refractivity contribution in [2.75, 3.05) is 10.8 Å². The number of rotatable bonds is 12. The van der Waals surface area contributed by atoms with Crippen LogP contribution < -0.4 is 9.62 Å². The minimum Gasteiger partial charge on any atom is -0.352 e. The van der Waals surface area contributed by atoms with E-state index in [1.807, 2.05) is 27.7 Å². The zero-order chi connectivity index (χ0) is 30.3. The van der Waals surface area contributed by atoms with E-state index in [0.717, 1.165) is 21.9 Å². The summed E-state index contributed by atoms with van der Waals surface area (Å²) >= 11 is 12.5. The first-order valence-electron chi connectivity index (χ1n) is 13.6. The SMILES string of the molecule is CCC(C)NC(=O)C(CC)N(Cc1ccc(Cl)cc1)C(=O)CN(c1cccc(Cl)c1C)S(=O)(=O)c1ccc(C)cc1. The molecule has 1 N–H and O–H groups in total. The molecule has 0 aromatic heterocycles. The maximum atomic E-state index is 14.2. The summed E-state index contributed by atoms with van der Waals surface area (Å²) in [5.41, 5.74) is 2.46. The lowest BCUT2D eigenvalue weighted by Crippen LogP contribution is -2.53. The molecule has 0 fully saturated rings. The molecule has 3 aromatic carbocycles. The second-order valence-electron chi connectivity index (χ2n) is 10.1. The van der Waals surface area contributed by atoms with E-state index in [-0.39, 0.29) is 29.1 Å². The van der Waals surface area contributed by atoms with Crippen LogP contribution in [-0.2, 0) is 26.2 Å². The molecule has 41 heavy (non-hydrogen) atoms. The monoisotopic (exact) mass is 617 g/mol. The van der Waals surface area contributed by atoms with E-state index in [1.54, 1.807) is 61.5 Å². The molecule has 0 radical (unpaired) electrons. The molecule has 0 saturated carbocycles. The van der Waals surface area contributed by atoms with Gasteiger partial charge >= 0.3 is 0 Å². The molecular weight excluding hydrogens is 581 g/mol. The summed E-state index contributed by atoms with van der Waals surface area (Å²) in [6.07, 6.45) is 1.06. The average molecular weight is 619 g/mol. The number of carbonyl (C=O) groups excluding carboxylic acids is 2. The smallest absolute Gasteiger partial charge is 0.264 e. The zero-order valence-corrected chi connectivity index (χ0v) is 26.4. The van der Waals surface area contributed by atoms with E-state index in [2.05, 4.69) is 5.32 Å². The second-order valence-corrected chi connectivity index (χ2v) is 12.8. The third-order valence-electron chi connectivity index (χ3n) is 7.05. The van der Waals surface area contributed by atoms with Gasteiger partial charge in [-0.3, -0.25) is 13.9 Å². The highest BCUT2D eigenvalue weighted by Gasteiger charge is 2.34. The Labute approximate surface area is 253 Å². The predicted octanol–water partition coefficient (Wildman–Crippen LogP) is 6.53. The molecule has 0 aliphatic heterocycles.